The lowest BCUT2D eigenvalue weighted by atomic mass is 10.1. The Labute approximate surface area is 117 Å². The zero-order chi connectivity index (χ0) is 14.5. The summed E-state index contributed by atoms with van der Waals surface area (Å²) in [6.07, 6.45) is 0. The second-order valence-electron chi connectivity index (χ2n) is 4.26. The molecular formula is C15H16N2O3. The molecule has 0 fully saturated rings. The van der Waals surface area contributed by atoms with E-state index in [0.29, 0.717) is 22.6 Å². The van der Waals surface area contributed by atoms with Gasteiger partial charge in [-0.1, -0.05) is 18.2 Å². The highest BCUT2D eigenvalue weighted by atomic mass is 16.5. The van der Waals surface area contributed by atoms with Crippen molar-refractivity contribution in [3.63, 3.8) is 0 Å². The molecule has 5 heteroatoms. The van der Waals surface area contributed by atoms with Gasteiger partial charge in [0.25, 0.3) is 5.91 Å². The number of phenols is 1. The summed E-state index contributed by atoms with van der Waals surface area (Å²) in [7, 11) is 1.53. The number of hydrogen-bond donors (Lipinski definition) is 3. The number of aromatic hydroxyl groups is 1. The summed E-state index contributed by atoms with van der Waals surface area (Å²) < 4.78 is 5.03. The first-order chi connectivity index (χ1) is 9.61. The van der Waals surface area contributed by atoms with Crippen molar-refractivity contribution < 1.29 is 14.6 Å². The minimum Gasteiger partial charge on any atom is -0.508 e. The Morgan fingerprint density at radius 1 is 1.30 bits per heavy atom. The van der Waals surface area contributed by atoms with Gasteiger partial charge in [0.15, 0.2) is 0 Å². The quantitative estimate of drug-likeness (QED) is 0.742. The van der Waals surface area contributed by atoms with Gasteiger partial charge in [-0.15, -0.1) is 0 Å². The molecule has 0 heterocycles. The van der Waals surface area contributed by atoms with Crippen LogP contribution in [0.4, 0.5) is 5.69 Å². The fourth-order valence-electron chi connectivity index (χ4n) is 1.81. The standard InChI is InChI=1S/C15H16N2O3/c1-20-11-6-7-12(13(16)8-11)15(19)17-9-10-4-2-3-5-14(10)18/h2-8,18H,9,16H2,1H3,(H,17,19). The molecule has 4 N–H and O–H groups in total. The second-order valence-corrected chi connectivity index (χ2v) is 4.26. The van der Waals surface area contributed by atoms with Gasteiger partial charge in [-0.05, 0) is 18.2 Å². The van der Waals surface area contributed by atoms with Crippen LogP contribution in [0.25, 0.3) is 0 Å². The molecule has 0 bridgehead atoms. The number of carbonyl (C=O) groups excluding carboxylic acids is 1. The highest BCUT2D eigenvalue weighted by Gasteiger charge is 2.11. The topological polar surface area (TPSA) is 84.6 Å². The van der Waals surface area contributed by atoms with E-state index in [0.717, 1.165) is 0 Å². The first-order valence-corrected chi connectivity index (χ1v) is 6.10. The molecule has 1 amide bonds. The molecule has 0 aliphatic carbocycles. The van der Waals surface area contributed by atoms with Crippen LogP contribution in [-0.2, 0) is 6.54 Å². The molecule has 5 nitrogen and oxygen atoms in total. The lowest BCUT2D eigenvalue weighted by Crippen LogP contribution is -2.23. The minimum atomic E-state index is -0.298. The number of methoxy groups -OCH3 is 1. The smallest absolute Gasteiger partial charge is 0.253 e. The number of nitrogens with one attached hydrogen (secondary N) is 1. The summed E-state index contributed by atoms with van der Waals surface area (Å²) in [4.78, 5) is 12.0. The Kier molecular flexibility index (Phi) is 4.10. The van der Waals surface area contributed by atoms with Gasteiger partial charge in [0, 0.05) is 23.9 Å². The molecule has 2 rings (SSSR count). The van der Waals surface area contributed by atoms with Crippen LogP contribution in [0.1, 0.15) is 15.9 Å². The van der Waals surface area contributed by atoms with E-state index in [9.17, 15) is 9.90 Å². The number of hydrogen-bond acceptors (Lipinski definition) is 4. The fourth-order valence-corrected chi connectivity index (χ4v) is 1.81. The molecule has 0 saturated carbocycles. The summed E-state index contributed by atoms with van der Waals surface area (Å²) in [5.74, 6) is 0.448. The van der Waals surface area contributed by atoms with Crippen molar-refractivity contribution in [2.45, 2.75) is 6.54 Å². The lowest BCUT2D eigenvalue weighted by molar-refractivity contribution is 0.0951. The molecule has 0 unspecified atom stereocenters. The molecular weight excluding hydrogens is 256 g/mol. The maximum absolute atomic E-state index is 12.0. The van der Waals surface area contributed by atoms with Gasteiger partial charge in [0.2, 0.25) is 0 Å². The summed E-state index contributed by atoms with van der Waals surface area (Å²) in [5.41, 5.74) is 7.18. The van der Waals surface area contributed by atoms with Crippen molar-refractivity contribution in [3.05, 3.63) is 53.6 Å². The van der Waals surface area contributed by atoms with Crippen LogP contribution in [-0.4, -0.2) is 18.1 Å². The average Bonchev–Trinajstić information content (AvgIpc) is 2.46. The molecule has 104 valence electrons. The van der Waals surface area contributed by atoms with Crippen molar-refractivity contribution in [2.75, 3.05) is 12.8 Å². The molecule has 2 aromatic carbocycles. The third kappa shape index (κ3) is 3.00. The number of phenolic OH excluding ortho intramolecular Hbond substituents is 1. The monoisotopic (exact) mass is 272 g/mol. The molecule has 0 radical (unpaired) electrons. The van der Waals surface area contributed by atoms with Crippen LogP contribution in [0.2, 0.25) is 0 Å². The van der Waals surface area contributed by atoms with E-state index in [1.165, 1.54) is 7.11 Å². The SMILES string of the molecule is COc1ccc(C(=O)NCc2ccccc2O)c(N)c1. The van der Waals surface area contributed by atoms with E-state index in [-0.39, 0.29) is 18.2 Å². The molecule has 0 spiro atoms. The number of anilines is 1. The van der Waals surface area contributed by atoms with Gasteiger partial charge in [0.05, 0.1) is 12.7 Å². The van der Waals surface area contributed by atoms with E-state index < -0.39 is 0 Å². The van der Waals surface area contributed by atoms with Crippen molar-refractivity contribution >= 4 is 11.6 Å². The fraction of sp³-hybridized carbons (Fsp3) is 0.133. The van der Waals surface area contributed by atoms with Crippen LogP contribution in [0.3, 0.4) is 0 Å². The summed E-state index contributed by atoms with van der Waals surface area (Å²) >= 11 is 0. The number of nitrogen functional groups attached to an aromatic ring is 1. The predicted molar refractivity (Wildman–Crippen MR) is 76.7 cm³/mol. The number of benzene rings is 2. The van der Waals surface area contributed by atoms with Crippen molar-refractivity contribution in [2.24, 2.45) is 0 Å². The van der Waals surface area contributed by atoms with E-state index in [1.54, 1.807) is 42.5 Å². The largest absolute Gasteiger partial charge is 0.508 e. The Morgan fingerprint density at radius 2 is 2.05 bits per heavy atom. The predicted octanol–water partition coefficient (Wildman–Crippen LogP) is 1.91. The van der Waals surface area contributed by atoms with E-state index in [1.807, 2.05) is 0 Å². The molecule has 0 aliphatic heterocycles. The second kappa shape index (κ2) is 5.97. The molecule has 20 heavy (non-hydrogen) atoms. The van der Waals surface area contributed by atoms with Crippen LogP contribution < -0.4 is 15.8 Å². The Morgan fingerprint density at radius 3 is 2.70 bits per heavy atom. The highest BCUT2D eigenvalue weighted by molar-refractivity contribution is 5.99. The van der Waals surface area contributed by atoms with Crippen LogP contribution in [0.5, 0.6) is 11.5 Å². The van der Waals surface area contributed by atoms with Crippen LogP contribution in [0.15, 0.2) is 42.5 Å². The molecule has 0 saturated heterocycles. The summed E-state index contributed by atoms with van der Waals surface area (Å²) in [5, 5.41) is 12.3. The van der Waals surface area contributed by atoms with Gasteiger partial charge in [-0.2, -0.15) is 0 Å². The molecule has 0 aliphatic rings. The third-order valence-corrected chi connectivity index (χ3v) is 2.93. The van der Waals surface area contributed by atoms with Crippen LogP contribution in [0, 0.1) is 0 Å². The average molecular weight is 272 g/mol. The Balaban J connectivity index is 2.07. The van der Waals surface area contributed by atoms with Crippen LogP contribution >= 0.6 is 0 Å². The lowest BCUT2D eigenvalue weighted by Gasteiger charge is -2.09. The third-order valence-electron chi connectivity index (χ3n) is 2.93. The Bertz CT molecular complexity index is 626. The highest BCUT2D eigenvalue weighted by Crippen LogP contribution is 2.20. The van der Waals surface area contributed by atoms with E-state index >= 15 is 0 Å². The summed E-state index contributed by atoms with van der Waals surface area (Å²) in [6, 6.07) is 11.7. The van der Waals surface area contributed by atoms with Gasteiger partial charge < -0.3 is 20.9 Å². The first kappa shape index (κ1) is 13.7. The van der Waals surface area contributed by atoms with Crippen molar-refractivity contribution in [1.82, 2.24) is 5.32 Å². The van der Waals surface area contributed by atoms with Crippen molar-refractivity contribution in [3.8, 4) is 11.5 Å². The van der Waals surface area contributed by atoms with Crippen molar-refractivity contribution in [1.29, 1.82) is 0 Å². The number of rotatable bonds is 4. The molecule has 2 aromatic rings. The van der Waals surface area contributed by atoms with Gasteiger partial charge in [-0.3, -0.25) is 4.79 Å². The number of carbonyl (C=O) groups is 1. The number of amides is 1. The first-order valence-electron chi connectivity index (χ1n) is 6.10. The zero-order valence-corrected chi connectivity index (χ0v) is 11.1. The van der Waals surface area contributed by atoms with Gasteiger partial charge in [-0.25, -0.2) is 0 Å². The number of para-hydroxylation sites is 1. The van der Waals surface area contributed by atoms with E-state index in [4.69, 9.17) is 10.5 Å². The maximum atomic E-state index is 12.0. The number of ether oxygens (including phenoxy) is 1. The normalized spacial score (nSPS) is 10.1. The van der Waals surface area contributed by atoms with Gasteiger partial charge >= 0.3 is 0 Å². The van der Waals surface area contributed by atoms with E-state index in [2.05, 4.69) is 5.32 Å². The summed E-state index contributed by atoms with van der Waals surface area (Å²) in [6.45, 7) is 0.233. The molecule has 0 atom stereocenters. The minimum absolute atomic E-state index is 0.149. The Hall–Kier alpha value is -2.69. The van der Waals surface area contributed by atoms with Gasteiger partial charge in [0.1, 0.15) is 11.5 Å². The molecule has 0 aromatic heterocycles. The maximum Gasteiger partial charge on any atom is 0.253 e. The zero-order valence-electron chi connectivity index (χ0n) is 11.1. The number of nitrogens with two attached hydrogens (primary N) is 1.